The van der Waals surface area contributed by atoms with Crippen molar-refractivity contribution in [2.24, 2.45) is 5.41 Å². The second-order valence-corrected chi connectivity index (χ2v) is 15.6. The summed E-state index contributed by atoms with van der Waals surface area (Å²) in [4.78, 5) is 55.3. The molecule has 2 aromatic carbocycles. The molecule has 2 aliphatic heterocycles. The maximum absolute atomic E-state index is 13.8. The fourth-order valence-electron chi connectivity index (χ4n) is 6.71. The number of likely N-dealkylation sites (N-methyl/N-ethyl adjacent to an activating group) is 1. The van der Waals surface area contributed by atoms with E-state index in [0.29, 0.717) is 59.2 Å². The number of halogens is 1. The Kier molecular flexibility index (Phi) is 13.2. The molecule has 0 bridgehead atoms. The SMILES string of the molecule is CN[C@@H](C)C(=O)N[C@H](C(=O)N1CCC[C@@H]1C(=O)Nc1ccc(Nc2cc(Nc3ccc(N4CCN(C(C)C)CC4)c(Cl)c3)ncn2)c(OC)c1)C(C)(C)C. The monoisotopic (exact) mass is 762 g/mol. The molecule has 54 heavy (non-hydrogen) atoms. The van der Waals surface area contributed by atoms with Crippen LogP contribution in [0.1, 0.15) is 54.4 Å². The third-order valence-electron chi connectivity index (χ3n) is 10.1. The predicted molar refractivity (Wildman–Crippen MR) is 215 cm³/mol. The Bertz CT molecular complexity index is 1790. The van der Waals surface area contributed by atoms with Gasteiger partial charge in [0.2, 0.25) is 17.7 Å². The number of likely N-dealkylation sites (tertiary alicyclic amines) is 1. The van der Waals surface area contributed by atoms with Gasteiger partial charge in [-0.1, -0.05) is 32.4 Å². The minimum Gasteiger partial charge on any atom is -0.494 e. The van der Waals surface area contributed by atoms with Crippen molar-refractivity contribution < 1.29 is 19.1 Å². The lowest BCUT2D eigenvalue weighted by Gasteiger charge is -2.38. The number of hydrogen-bond acceptors (Lipinski definition) is 11. The molecule has 2 aliphatic rings. The summed E-state index contributed by atoms with van der Waals surface area (Å²) >= 11 is 6.75. The van der Waals surface area contributed by atoms with Crippen molar-refractivity contribution in [2.75, 3.05) is 67.7 Å². The van der Waals surface area contributed by atoms with Gasteiger partial charge in [0, 0.05) is 62.3 Å². The number of aromatic nitrogens is 2. The number of carbonyl (C=O) groups excluding carboxylic acids is 3. The molecule has 15 heteroatoms. The van der Waals surface area contributed by atoms with Gasteiger partial charge in [-0.05, 0) is 76.4 Å². The molecule has 3 amide bonds. The van der Waals surface area contributed by atoms with Gasteiger partial charge in [0.05, 0.1) is 29.5 Å². The summed E-state index contributed by atoms with van der Waals surface area (Å²) in [6.07, 6.45) is 2.65. The van der Waals surface area contributed by atoms with E-state index in [4.69, 9.17) is 16.3 Å². The van der Waals surface area contributed by atoms with Crippen molar-refractivity contribution >= 4 is 63.7 Å². The standard InChI is InChI=1S/C39H55ClN10O4/c1-24(2)48-16-18-49(19-17-48)30-14-12-26(20-28(30)40)44-33-22-34(43-23-42-33)46-29-13-11-27(21-32(29)54-8)45-37(52)31-10-9-15-50(31)38(53)35(39(4,5)6)47-36(51)25(3)41-7/h11-14,20-25,31,35,41H,9-10,15-19H2,1-8H3,(H,45,52)(H,47,51)(H2,42,43,44,46)/t25-,31+,35+/m0/s1. The Morgan fingerprint density at radius 3 is 2.22 bits per heavy atom. The number of carbonyl (C=O) groups is 3. The van der Waals surface area contributed by atoms with Gasteiger partial charge in [0.25, 0.3) is 0 Å². The molecule has 0 radical (unpaired) electrons. The highest BCUT2D eigenvalue weighted by molar-refractivity contribution is 6.33. The van der Waals surface area contributed by atoms with E-state index >= 15 is 0 Å². The van der Waals surface area contributed by atoms with E-state index in [9.17, 15) is 14.4 Å². The first kappa shape index (κ1) is 40.5. The first-order valence-electron chi connectivity index (χ1n) is 18.6. The molecular weight excluding hydrogens is 708 g/mol. The average molecular weight is 763 g/mol. The molecule has 2 fully saturated rings. The number of amides is 3. The van der Waals surface area contributed by atoms with E-state index in [2.05, 4.69) is 60.2 Å². The smallest absolute Gasteiger partial charge is 0.247 e. The number of rotatable bonds is 13. The lowest BCUT2D eigenvalue weighted by Crippen LogP contribution is -2.59. The fraction of sp³-hybridized carbons (Fsp3) is 0.513. The molecule has 3 aromatic rings. The van der Waals surface area contributed by atoms with Gasteiger partial charge in [0.15, 0.2) is 0 Å². The second-order valence-electron chi connectivity index (χ2n) is 15.2. The van der Waals surface area contributed by atoms with Gasteiger partial charge in [0.1, 0.15) is 35.8 Å². The first-order valence-corrected chi connectivity index (χ1v) is 19.0. The molecule has 2 saturated heterocycles. The molecule has 5 N–H and O–H groups in total. The number of nitrogens with one attached hydrogen (secondary N) is 5. The minimum absolute atomic E-state index is 0.275. The van der Waals surface area contributed by atoms with Crippen LogP contribution in [-0.2, 0) is 14.4 Å². The topological polar surface area (TPSA) is 156 Å². The van der Waals surface area contributed by atoms with E-state index in [-0.39, 0.29) is 17.7 Å². The molecule has 5 rings (SSSR count). The van der Waals surface area contributed by atoms with Crippen LogP contribution in [0.3, 0.4) is 0 Å². The van der Waals surface area contributed by atoms with Gasteiger partial charge in [-0.2, -0.15) is 0 Å². The van der Waals surface area contributed by atoms with Gasteiger partial charge >= 0.3 is 0 Å². The summed E-state index contributed by atoms with van der Waals surface area (Å²) in [5, 5.41) is 16.0. The summed E-state index contributed by atoms with van der Waals surface area (Å²) in [5.74, 6) is 0.722. The van der Waals surface area contributed by atoms with Crippen LogP contribution < -0.4 is 36.2 Å². The van der Waals surface area contributed by atoms with Crippen molar-refractivity contribution in [3.8, 4) is 5.75 Å². The van der Waals surface area contributed by atoms with Crippen LogP contribution >= 0.6 is 11.6 Å². The number of benzene rings is 2. The molecule has 0 saturated carbocycles. The maximum atomic E-state index is 13.8. The Morgan fingerprint density at radius 1 is 0.907 bits per heavy atom. The van der Waals surface area contributed by atoms with Crippen molar-refractivity contribution in [3.05, 3.63) is 53.8 Å². The number of hydrogen-bond donors (Lipinski definition) is 5. The highest BCUT2D eigenvalue weighted by atomic mass is 35.5. The largest absolute Gasteiger partial charge is 0.494 e. The van der Waals surface area contributed by atoms with Crippen LogP contribution in [0.4, 0.5) is 34.4 Å². The summed E-state index contributed by atoms with van der Waals surface area (Å²) in [6, 6.07) is 11.6. The lowest BCUT2D eigenvalue weighted by molar-refractivity contribution is -0.143. The summed E-state index contributed by atoms with van der Waals surface area (Å²) in [5.41, 5.74) is 2.39. The Hall–Kier alpha value is -4.66. The van der Waals surface area contributed by atoms with Crippen LogP contribution in [0.2, 0.25) is 5.02 Å². The fourth-order valence-corrected chi connectivity index (χ4v) is 7.01. The lowest BCUT2D eigenvalue weighted by atomic mass is 9.85. The van der Waals surface area contributed by atoms with Gasteiger partial charge < -0.3 is 41.1 Å². The minimum atomic E-state index is -0.795. The number of nitrogens with zero attached hydrogens (tertiary/aromatic N) is 5. The molecule has 3 atom stereocenters. The molecule has 0 aliphatic carbocycles. The molecule has 0 spiro atoms. The molecule has 14 nitrogen and oxygen atoms in total. The Labute approximate surface area is 323 Å². The summed E-state index contributed by atoms with van der Waals surface area (Å²) in [6.45, 7) is 16.2. The van der Waals surface area contributed by atoms with Crippen LogP contribution in [0.15, 0.2) is 48.8 Å². The quantitative estimate of drug-likeness (QED) is 0.156. The molecule has 1 aromatic heterocycles. The Balaban J connectivity index is 1.22. The zero-order chi connectivity index (χ0) is 39.2. The highest BCUT2D eigenvalue weighted by Gasteiger charge is 2.42. The maximum Gasteiger partial charge on any atom is 0.247 e. The number of anilines is 6. The van der Waals surface area contributed by atoms with Gasteiger partial charge in [-0.15, -0.1) is 0 Å². The number of methoxy groups -OCH3 is 1. The average Bonchev–Trinajstić information content (AvgIpc) is 3.64. The first-order chi connectivity index (χ1) is 25.7. The highest BCUT2D eigenvalue weighted by Crippen LogP contribution is 2.34. The van der Waals surface area contributed by atoms with Crippen molar-refractivity contribution in [1.82, 2.24) is 30.4 Å². The molecule has 0 unspecified atom stereocenters. The molecule has 3 heterocycles. The van der Waals surface area contributed by atoms with E-state index in [0.717, 1.165) is 37.6 Å². The van der Waals surface area contributed by atoms with Crippen LogP contribution in [0, 0.1) is 5.41 Å². The summed E-state index contributed by atoms with van der Waals surface area (Å²) in [7, 11) is 3.23. The van der Waals surface area contributed by atoms with Crippen LogP contribution in [0.25, 0.3) is 0 Å². The van der Waals surface area contributed by atoms with E-state index in [1.165, 1.54) is 6.33 Å². The second kappa shape index (κ2) is 17.7. The van der Waals surface area contributed by atoms with Gasteiger partial charge in [-0.25, -0.2) is 9.97 Å². The molecular formula is C39H55ClN10O4. The Morgan fingerprint density at radius 2 is 1.59 bits per heavy atom. The van der Waals surface area contributed by atoms with Crippen LogP contribution in [0.5, 0.6) is 5.75 Å². The zero-order valence-corrected chi connectivity index (χ0v) is 33.4. The van der Waals surface area contributed by atoms with Gasteiger partial charge in [-0.3, -0.25) is 19.3 Å². The van der Waals surface area contributed by atoms with Crippen molar-refractivity contribution in [3.63, 3.8) is 0 Å². The van der Waals surface area contributed by atoms with E-state index < -0.39 is 23.5 Å². The summed E-state index contributed by atoms with van der Waals surface area (Å²) < 4.78 is 5.67. The predicted octanol–water partition coefficient (Wildman–Crippen LogP) is 5.22. The third kappa shape index (κ3) is 9.90. The third-order valence-corrected chi connectivity index (χ3v) is 10.4. The normalized spacial score (nSPS) is 17.6. The van der Waals surface area contributed by atoms with Crippen molar-refractivity contribution in [1.29, 1.82) is 0 Å². The van der Waals surface area contributed by atoms with E-state index in [1.54, 1.807) is 50.2 Å². The molecule has 292 valence electrons. The van der Waals surface area contributed by atoms with E-state index in [1.807, 2.05) is 39.0 Å². The zero-order valence-electron chi connectivity index (χ0n) is 32.6. The number of ether oxygens (including phenoxy) is 1. The van der Waals surface area contributed by atoms with Crippen molar-refractivity contribution in [2.45, 2.75) is 78.6 Å². The van der Waals surface area contributed by atoms with Crippen LogP contribution in [-0.4, -0.2) is 109 Å². The number of piperazine rings is 1.